The van der Waals surface area contributed by atoms with Gasteiger partial charge in [-0.2, -0.15) is 0 Å². The monoisotopic (exact) mass is 301 g/mol. The van der Waals surface area contributed by atoms with Crippen molar-refractivity contribution in [3.63, 3.8) is 0 Å². The summed E-state index contributed by atoms with van der Waals surface area (Å²) in [6, 6.07) is 3.52. The number of benzene rings is 1. The number of nitrogens with zero attached hydrogens (tertiary/aromatic N) is 1. The minimum absolute atomic E-state index is 0.0716. The average Bonchev–Trinajstić information content (AvgIpc) is 2.34. The van der Waals surface area contributed by atoms with Gasteiger partial charge in [-0.3, -0.25) is 4.79 Å². The van der Waals surface area contributed by atoms with Crippen molar-refractivity contribution in [3.05, 3.63) is 29.8 Å². The topological polar surface area (TPSA) is 40.5 Å². The van der Waals surface area contributed by atoms with E-state index < -0.39 is 11.6 Å². The quantitative estimate of drug-likeness (QED) is 0.820. The Hall–Kier alpha value is -1.14. The van der Waals surface area contributed by atoms with Crippen molar-refractivity contribution >= 4 is 17.7 Å². The Kier molecular flexibility index (Phi) is 5.37. The van der Waals surface area contributed by atoms with Crippen molar-refractivity contribution in [1.82, 2.24) is 4.90 Å². The molecule has 0 spiro atoms. The van der Waals surface area contributed by atoms with E-state index in [1.807, 2.05) is 0 Å². The SMILES string of the molecule is O=C(CSc1ccc(F)cc1F)N(CCO)C1CCC1. The molecule has 1 aromatic rings. The maximum Gasteiger partial charge on any atom is 0.233 e. The van der Waals surface area contributed by atoms with Gasteiger partial charge in [-0.05, 0) is 31.4 Å². The summed E-state index contributed by atoms with van der Waals surface area (Å²) in [6.07, 6.45) is 3.02. The molecule has 0 radical (unpaired) electrons. The molecule has 0 heterocycles. The summed E-state index contributed by atoms with van der Waals surface area (Å²) in [7, 11) is 0. The summed E-state index contributed by atoms with van der Waals surface area (Å²) in [6.45, 7) is 0.244. The second-order valence-electron chi connectivity index (χ2n) is 4.76. The molecule has 0 atom stereocenters. The van der Waals surface area contributed by atoms with E-state index in [0.29, 0.717) is 6.54 Å². The fourth-order valence-corrected chi connectivity index (χ4v) is 2.94. The fraction of sp³-hybridized carbons (Fsp3) is 0.500. The molecule has 20 heavy (non-hydrogen) atoms. The number of aliphatic hydroxyl groups excluding tert-OH is 1. The highest BCUT2D eigenvalue weighted by Gasteiger charge is 2.28. The number of hydrogen-bond acceptors (Lipinski definition) is 3. The van der Waals surface area contributed by atoms with Crippen molar-refractivity contribution in [2.45, 2.75) is 30.2 Å². The molecule has 0 bridgehead atoms. The largest absolute Gasteiger partial charge is 0.395 e. The van der Waals surface area contributed by atoms with Crippen LogP contribution in [0.3, 0.4) is 0 Å². The van der Waals surface area contributed by atoms with Crippen LogP contribution < -0.4 is 0 Å². The minimum atomic E-state index is -0.653. The predicted octanol–water partition coefficient (Wildman–Crippen LogP) is 2.43. The van der Waals surface area contributed by atoms with E-state index in [0.717, 1.165) is 37.1 Å². The zero-order chi connectivity index (χ0) is 14.5. The van der Waals surface area contributed by atoms with Gasteiger partial charge in [0.05, 0.1) is 12.4 Å². The number of carbonyl (C=O) groups is 1. The molecular weight excluding hydrogens is 284 g/mol. The number of aliphatic hydroxyl groups is 1. The molecule has 0 aliphatic heterocycles. The first kappa shape index (κ1) is 15.3. The first-order valence-corrected chi connectivity index (χ1v) is 7.58. The summed E-state index contributed by atoms with van der Waals surface area (Å²) >= 11 is 1.06. The van der Waals surface area contributed by atoms with E-state index >= 15 is 0 Å². The predicted molar refractivity (Wildman–Crippen MR) is 73.5 cm³/mol. The Labute approximate surface area is 121 Å². The number of halogens is 2. The van der Waals surface area contributed by atoms with Crippen molar-refractivity contribution < 1.29 is 18.7 Å². The van der Waals surface area contributed by atoms with Crippen LogP contribution in [0.2, 0.25) is 0 Å². The van der Waals surface area contributed by atoms with Crippen LogP contribution in [-0.2, 0) is 4.79 Å². The zero-order valence-corrected chi connectivity index (χ0v) is 11.8. The molecule has 110 valence electrons. The lowest BCUT2D eigenvalue weighted by Gasteiger charge is -2.37. The third-order valence-corrected chi connectivity index (χ3v) is 4.46. The van der Waals surface area contributed by atoms with Crippen molar-refractivity contribution in [2.75, 3.05) is 18.9 Å². The molecule has 1 fully saturated rings. The average molecular weight is 301 g/mol. The third-order valence-electron chi connectivity index (χ3n) is 3.42. The normalized spacial score (nSPS) is 14.9. The smallest absolute Gasteiger partial charge is 0.233 e. The molecule has 0 saturated heterocycles. The molecule has 1 amide bonds. The summed E-state index contributed by atoms with van der Waals surface area (Å²) in [5.41, 5.74) is 0. The van der Waals surface area contributed by atoms with Crippen LogP contribution >= 0.6 is 11.8 Å². The van der Waals surface area contributed by atoms with E-state index in [-0.39, 0.29) is 29.2 Å². The van der Waals surface area contributed by atoms with Gasteiger partial charge >= 0.3 is 0 Å². The lowest BCUT2D eigenvalue weighted by atomic mass is 9.91. The van der Waals surface area contributed by atoms with Gasteiger partial charge in [0.25, 0.3) is 0 Å². The van der Waals surface area contributed by atoms with Crippen LogP contribution in [0.1, 0.15) is 19.3 Å². The molecular formula is C14H17F2NO2S. The van der Waals surface area contributed by atoms with E-state index in [1.54, 1.807) is 4.90 Å². The van der Waals surface area contributed by atoms with Gasteiger partial charge in [0.15, 0.2) is 0 Å². The lowest BCUT2D eigenvalue weighted by molar-refractivity contribution is -0.132. The summed E-state index contributed by atoms with van der Waals surface area (Å²) in [4.78, 5) is 14.0. The van der Waals surface area contributed by atoms with Crippen LogP contribution in [0.4, 0.5) is 8.78 Å². The van der Waals surface area contributed by atoms with E-state index in [9.17, 15) is 13.6 Å². The highest BCUT2D eigenvalue weighted by Crippen LogP contribution is 2.27. The maximum absolute atomic E-state index is 13.5. The Morgan fingerprint density at radius 3 is 2.70 bits per heavy atom. The van der Waals surface area contributed by atoms with Crippen LogP contribution in [0.15, 0.2) is 23.1 Å². The van der Waals surface area contributed by atoms with Gasteiger partial charge in [0.1, 0.15) is 11.6 Å². The highest BCUT2D eigenvalue weighted by atomic mass is 32.2. The molecule has 0 aromatic heterocycles. The second-order valence-corrected chi connectivity index (χ2v) is 5.78. The van der Waals surface area contributed by atoms with Gasteiger partial charge in [-0.25, -0.2) is 8.78 Å². The van der Waals surface area contributed by atoms with Gasteiger partial charge in [-0.15, -0.1) is 11.8 Å². The molecule has 1 aliphatic rings. The summed E-state index contributed by atoms with van der Waals surface area (Å²) in [5, 5.41) is 9.01. The van der Waals surface area contributed by atoms with Crippen LogP contribution in [-0.4, -0.2) is 40.9 Å². The van der Waals surface area contributed by atoms with Gasteiger partial charge in [0, 0.05) is 23.5 Å². The van der Waals surface area contributed by atoms with Crippen molar-refractivity contribution in [3.8, 4) is 0 Å². The number of hydrogen-bond donors (Lipinski definition) is 1. The summed E-state index contributed by atoms with van der Waals surface area (Å²) in [5.74, 6) is -1.30. The molecule has 0 unspecified atom stereocenters. The maximum atomic E-state index is 13.5. The Morgan fingerprint density at radius 2 is 2.15 bits per heavy atom. The Morgan fingerprint density at radius 1 is 1.40 bits per heavy atom. The molecule has 1 aliphatic carbocycles. The molecule has 1 saturated carbocycles. The van der Waals surface area contributed by atoms with Crippen molar-refractivity contribution in [1.29, 1.82) is 0 Å². The summed E-state index contributed by atoms with van der Waals surface area (Å²) < 4.78 is 26.2. The van der Waals surface area contributed by atoms with Crippen LogP contribution in [0.5, 0.6) is 0 Å². The standard InChI is InChI=1S/C14H17F2NO2S/c15-10-4-5-13(12(16)8-10)20-9-14(19)17(6-7-18)11-2-1-3-11/h4-5,8,11,18H,1-3,6-7,9H2. The minimum Gasteiger partial charge on any atom is -0.395 e. The highest BCUT2D eigenvalue weighted by molar-refractivity contribution is 8.00. The van der Waals surface area contributed by atoms with Gasteiger partial charge < -0.3 is 10.0 Å². The van der Waals surface area contributed by atoms with Crippen molar-refractivity contribution in [2.24, 2.45) is 0 Å². The van der Waals surface area contributed by atoms with Gasteiger partial charge in [0.2, 0.25) is 5.91 Å². The molecule has 6 heteroatoms. The first-order chi connectivity index (χ1) is 9.61. The molecule has 1 aromatic carbocycles. The molecule has 3 nitrogen and oxygen atoms in total. The van der Waals surface area contributed by atoms with E-state index in [2.05, 4.69) is 0 Å². The second kappa shape index (κ2) is 7.04. The zero-order valence-electron chi connectivity index (χ0n) is 11.0. The molecule has 1 N–H and O–H groups in total. The van der Waals surface area contributed by atoms with Crippen LogP contribution in [0, 0.1) is 11.6 Å². The Balaban J connectivity index is 1.92. The number of rotatable bonds is 6. The third kappa shape index (κ3) is 3.70. The van der Waals surface area contributed by atoms with Crippen LogP contribution in [0.25, 0.3) is 0 Å². The first-order valence-electron chi connectivity index (χ1n) is 6.60. The lowest BCUT2D eigenvalue weighted by Crippen LogP contribution is -2.46. The van der Waals surface area contributed by atoms with E-state index in [4.69, 9.17) is 5.11 Å². The number of thioether (sulfide) groups is 1. The number of amides is 1. The number of carbonyl (C=O) groups excluding carboxylic acids is 1. The van der Waals surface area contributed by atoms with Gasteiger partial charge in [-0.1, -0.05) is 0 Å². The Bertz CT molecular complexity index is 480. The fourth-order valence-electron chi connectivity index (χ4n) is 2.13. The van der Waals surface area contributed by atoms with E-state index in [1.165, 1.54) is 12.1 Å². The molecule has 2 rings (SSSR count).